The van der Waals surface area contributed by atoms with E-state index in [1.54, 1.807) is 7.11 Å². The van der Waals surface area contributed by atoms with Crippen LogP contribution in [0.3, 0.4) is 0 Å². The van der Waals surface area contributed by atoms with E-state index >= 15 is 0 Å². The number of ether oxygens (including phenoxy) is 1. The van der Waals surface area contributed by atoms with Crippen LogP contribution in [-0.4, -0.2) is 30.2 Å². The van der Waals surface area contributed by atoms with E-state index in [4.69, 9.17) is 4.74 Å². The molecule has 106 valence electrons. The topological polar surface area (TPSA) is 21.3 Å². The highest BCUT2D eigenvalue weighted by Gasteiger charge is 2.37. The summed E-state index contributed by atoms with van der Waals surface area (Å²) in [5, 5.41) is 3.69. The molecule has 2 unspecified atom stereocenters. The van der Waals surface area contributed by atoms with E-state index < -0.39 is 0 Å². The molecule has 1 fully saturated rings. The van der Waals surface area contributed by atoms with E-state index in [9.17, 15) is 0 Å². The highest BCUT2D eigenvalue weighted by molar-refractivity contribution is 8.00. The summed E-state index contributed by atoms with van der Waals surface area (Å²) in [5.41, 5.74) is 1.36. The number of hydrogen-bond donors (Lipinski definition) is 1. The van der Waals surface area contributed by atoms with E-state index in [0.717, 1.165) is 18.7 Å². The first-order valence-electron chi connectivity index (χ1n) is 7.18. The molecule has 1 aliphatic heterocycles. The molecule has 1 saturated heterocycles. The maximum atomic E-state index is 5.32. The number of hydrogen-bond acceptors (Lipinski definition) is 3. The van der Waals surface area contributed by atoms with Gasteiger partial charge in [-0.25, -0.2) is 0 Å². The van der Waals surface area contributed by atoms with Crippen LogP contribution < -0.4 is 10.1 Å². The van der Waals surface area contributed by atoms with Gasteiger partial charge in [0.05, 0.1) is 7.11 Å². The minimum Gasteiger partial charge on any atom is -0.497 e. The van der Waals surface area contributed by atoms with Crippen molar-refractivity contribution in [3.8, 4) is 5.75 Å². The summed E-state index contributed by atoms with van der Waals surface area (Å²) in [5.74, 6) is 2.26. The molecule has 1 aromatic rings. The second-order valence-electron chi connectivity index (χ2n) is 5.43. The van der Waals surface area contributed by atoms with E-state index in [2.05, 4.69) is 49.1 Å². The maximum Gasteiger partial charge on any atom is 0.119 e. The van der Waals surface area contributed by atoms with Crippen molar-refractivity contribution in [1.29, 1.82) is 0 Å². The van der Waals surface area contributed by atoms with Crippen molar-refractivity contribution in [3.63, 3.8) is 0 Å². The second-order valence-corrected chi connectivity index (χ2v) is 7.06. The second kappa shape index (κ2) is 6.67. The van der Waals surface area contributed by atoms with Crippen molar-refractivity contribution in [1.82, 2.24) is 5.32 Å². The fourth-order valence-corrected chi connectivity index (χ4v) is 4.27. The van der Waals surface area contributed by atoms with Crippen LogP contribution in [0.15, 0.2) is 24.3 Å². The predicted octanol–water partition coefficient (Wildman–Crippen LogP) is 3.50. The molecule has 0 saturated carbocycles. The lowest BCUT2D eigenvalue weighted by Gasteiger charge is -2.34. The molecule has 1 aliphatic rings. The molecule has 1 N–H and O–H groups in total. The zero-order valence-electron chi connectivity index (χ0n) is 12.2. The number of methoxy groups -OCH3 is 1. The molecular weight excluding hydrogens is 254 g/mol. The van der Waals surface area contributed by atoms with Crippen molar-refractivity contribution in [2.24, 2.45) is 0 Å². The molecule has 3 heteroatoms. The Hall–Kier alpha value is -0.670. The van der Waals surface area contributed by atoms with Crippen molar-refractivity contribution in [2.75, 3.05) is 19.4 Å². The number of benzene rings is 1. The van der Waals surface area contributed by atoms with Gasteiger partial charge in [0.2, 0.25) is 0 Å². The van der Waals surface area contributed by atoms with Crippen LogP contribution in [0.25, 0.3) is 0 Å². The third-order valence-electron chi connectivity index (χ3n) is 4.01. The van der Waals surface area contributed by atoms with Crippen LogP contribution in [0.5, 0.6) is 5.75 Å². The molecule has 0 spiro atoms. The molecule has 0 amide bonds. The molecule has 0 bridgehead atoms. The standard InChI is InChI=1S/C16H25NOS/c1-4-17-15(16(2)9-6-10-19-16)12-13-7-5-8-14(11-13)18-3/h5,7-8,11,15,17H,4,6,9-10,12H2,1-3H3. The average molecular weight is 279 g/mol. The highest BCUT2D eigenvalue weighted by atomic mass is 32.2. The fourth-order valence-electron chi connectivity index (χ4n) is 2.86. The molecule has 0 radical (unpaired) electrons. The molecule has 0 aliphatic carbocycles. The molecule has 2 nitrogen and oxygen atoms in total. The third kappa shape index (κ3) is 3.67. The number of rotatable bonds is 6. The summed E-state index contributed by atoms with van der Waals surface area (Å²) in [6.07, 6.45) is 3.75. The Kier molecular flexibility index (Phi) is 5.17. The SMILES string of the molecule is CCNC(Cc1cccc(OC)c1)C1(C)CCCS1. The Morgan fingerprint density at radius 3 is 2.95 bits per heavy atom. The van der Waals surface area contributed by atoms with Crippen LogP contribution >= 0.6 is 11.8 Å². The largest absolute Gasteiger partial charge is 0.497 e. The van der Waals surface area contributed by atoms with Crippen molar-refractivity contribution in [2.45, 2.75) is 43.9 Å². The van der Waals surface area contributed by atoms with Gasteiger partial charge in [-0.1, -0.05) is 19.1 Å². The molecule has 19 heavy (non-hydrogen) atoms. The van der Waals surface area contributed by atoms with Crippen molar-refractivity contribution < 1.29 is 4.74 Å². The van der Waals surface area contributed by atoms with Crippen LogP contribution in [0.2, 0.25) is 0 Å². The lowest BCUT2D eigenvalue weighted by molar-refractivity contribution is 0.401. The van der Waals surface area contributed by atoms with Gasteiger partial charge in [-0.3, -0.25) is 0 Å². The van der Waals surface area contributed by atoms with Gasteiger partial charge in [0, 0.05) is 10.8 Å². The third-order valence-corrected chi connectivity index (χ3v) is 5.65. The zero-order chi connectivity index (χ0) is 13.7. The molecule has 1 heterocycles. The summed E-state index contributed by atoms with van der Waals surface area (Å²) in [4.78, 5) is 0. The molecular formula is C16H25NOS. The Morgan fingerprint density at radius 2 is 2.32 bits per heavy atom. The van der Waals surface area contributed by atoms with Gasteiger partial charge in [0.25, 0.3) is 0 Å². The van der Waals surface area contributed by atoms with Gasteiger partial charge in [-0.05, 0) is 56.2 Å². The number of thioether (sulfide) groups is 1. The molecule has 2 atom stereocenters. The van der Waals surface area contributed by atoms with Crippen LogP contribution in [-0.2, 0) is 6.42 Å². The Morgan fingerprint density at radius 1 is 1.47 bits per heavy atom. The minimum atomic E-state index is 0.374. The maximum absolute atomic E-state index is 5.32. The predicted molar refractivity (Wildman–Crippen MR) is 84.3 cm³/mol. The number of likely N-dealkylation sites (N-methyl/N-ethyl adjacent to an activating group) is 1. The first-order valence-corrected chi connectivity index (χ1v) is 8.17. The van der Waals surface area contributed by atoms with Gasteiger partial charge in [0.1, 0.15) is 5.75 Å². The van der Waals surface area contributed by atoms with E-state index in [1.807, 2.05) is 6.07 Å². The number of nitrogens with one attached hydrogen (secondary N) is 1. The normalized spacial score (nSPS) is 24.4. The summed E-state index contributed by atoms with van der Waals surface area (Å²) in [6.45, 7) is 5.64. The van der Waals surface area contributed by atoms with Crippen LogP contribution in [0.4, 0.5) is 0 Å². The van der Waals surface area contributed by atoms with Crippen LogP contribution in [0, 0.1) is 0 Å². The molecule has 1 aromatic carbocycles. The van der Waals surface area contributed by atoms with Gasteiger partial charge in [-0.2, -0.15) is 11.8 Å². The molecule has 0 aromatic heterocycles. The Labute approximate surface area is 121 Å². The van der Waals surface area contributed by atoms with Crippen LogP contribution in [0.1, 0.15) is 32.3 Å². The van der Waals surface area contributed by atoms with Gasteiger partial charge >= 0.3 is 0 Å². The van der Waals surface area contributed by atoms with E-state index in [-0.39, 0.29) is 0 Å². The van der Waals surface area contributed by atoms with E-state index in [0.29, 0.717) is 10.8 Å². The quantitative estimate of drug-likeness (QED) is 0.861. The van der Waals surface area contributed by atoms with Crippen molar-refractivity contribution in [3.05, 3.63) is 29.8 Å². The lowest BCUT2D eigenvalue weighted by atomic mass is 9.90. The first-order chi connectivity index (χ1) is 9.18. The smallest absolute Gasteiger partial charge is 0.119 e. The van der Waals surface area contributed by atoms with Gasteiger partial charge < -0.3 is 10.1 Å². The summed E-state index contributed by atoms with van der Waals surface area (Å²) >= 11 is 2.13. The fraction of sp³-hybridized carbons (Fsp3) is 0.625. The van der Waals surface area contributed by atoms with Gasteiger partial charge in [0.15, 0.2) is 0 Å². The minimum absolute atomic E-state index is 0.374. The first kappa shape index (κ1) is 14.7. The van der Waals surface area contributed by atoms with Crippen molar-refractivity contribution >= 4 is 11.8 Å². The monoisotopic (exact) mass is 279 g/mol. The summed E-state index contributed by atoms with van der Waals surface area (Å²) < 4.78 is 5.70. The zero-order valence-corrected chi connectivity index (χ0v) is 13.1. The lowest BCUT2D eigenvalue weighted by Crippen LogP contribution is -2.46. The highest BCUT2D eigenvalue weighted by Crippen LogP contribution is 2.41. The van der Waals surface area contributed by atoms with E-state index in [1.165, 1.54) is 24.2 Å². The van der Waals surface area contributed by atoms with Gasteiger partial charge in [-0.15, -0.1) is 0 Å². The average Bonchev–Trinajstić information content (AvgIpc) is 2.87. The Balaban J connectivity index is 2.11. The Bertz CT molecular complexity index is 401. The molecule has 2 rings (SSSR count). The summed E-state index contributed by atoms with van der Waals surface area (Å²) in [6, 6.07) is 9.00. The summed E-state index contributed by atoms with van der Waals surface area (Å²) in [7, 11) is 1.73.